The molecule has 218 valence electrons. The van der Waals surface area contributed by atoms with E-state index >= 15 is 0 Å². The molecular weight excluding hydrogens is 528 g/mol. The van der Waals surface area contributed by atoms with Gasteiger partial charge in [-0.1, -0.05) is 37.1 Å². The highest BCUT2D eigenvalue weighted by Crippen LogP contribution is 2.28. The van der Waals surface area contributed by atoms with Gasteiger partial charge in [-0.25, -0.2) is 9.59 Å². The molecule has 0 spiro atoms. The molecule has 0 aromatic heterocycles. The van der Waals surface area contributed by atoms with E-state index in [-0.39, 0.29) is 24.1 Å². The molecule has 2 fully saturated rings. The number of ether oxygens (including phenoxy) is 4. The average molecular weight is 567 g/mol. The van der Waals surface area contributed by atoms with Crippen LogP contribution in [0.2, 0.25) is 0 Å². The van der Waals surface area contributed by atoms with E-state index in [1.54, 1.807) is 0 Å². The Balaban J connectivity index is 1.06. The van der Waals surface area contributed by atoms with Crippen LogP contribution in [0, 0.1) is 0 Å². The quantitative estimate of drug-likeness (QED) is 0.157. The Kier molecular flexibility index (Phi) is 8.59. The van der Waals surface area contributed by atoms with Crippen LogP contribution < -0.4 is 9.47 Å². The first kappa shape index (κ1) is 28.1. The molecule has 4 aromatic carbocycles. The van der Waals surface area contributed by atoms with E-state index in [9.17, 15) is 9.59 Å². The molecule has 42 heavy (non-hydrogen) atoms. The fourth-order valence-electron chi connectivity index (χ4n) is 6.06. The predicted molar refractivity (Wildman–Crippen MR) is 163 cm³/mol. The summed E-state index contributed by atoms with van der Waals surface area (Å²) < 4.78 is 23.6. The van der Waals surface area contributed by atoms with E-state index in [0.29, 0.717) is 22.6 Å². The van der Waals surface area contributed by atoms with Crippen LogP contribution in [0.5, 0.6) is 11.5 Å². The largest absolute Gasteiger partial charge is 0.459 e. The molecule has 4 aromatic rings. The van der Waals surface area contributed by atoms with E-state index < -0.39 is 6.29 Å². The summed E-state index contributed by atoms with van der Waals surface area (Å²) in [4.78, 5) is 25.3. The molecule has 0 amide bonds. The van der Waals surface area contributed by atoms with Gasteiger partial charge in [0.15, 0.2) is 0 Å². The van der Waals surface area contributed by atoms with E-state index in [0.717, 1.165) is 72.9 Å². The third-order valence-electron chi connectivity index (χ3n) is 8.35. The van der Waals surface area contributed by atoms with Crippen molar-refractivity contribution in [3.8, 4) is 11.5 Å². The lowest BCUT2D eigenvalue weighted by Gasteiger charge is -2.22. The second kappa shape index (κ2) is 12.8. The van der Waals surface area contributed by atoms with Gasteiger partial charge in [-0.2, -0.15) is 0 Å². The number of hydrogen-bond acceptors (Lipinski definition) is 6. The van der Waals surface area contributed by atoms with Gasteiger partial charge in [0, 0.05) is 6.92 Å². The smallest absolute Gasteiger partial charge is 0.338 e. The second-order valence-corrected chi connectivity index (χ2v) is 11.6. The van der Waals surface area contributed by atoms with Crippen molar-refractivity contribution in [2.24, 2.45) is 0 Å². The van der Waals surface area contributed by atoms with Gasteiger partial charge in [0.2, 0.25) is 6.29 Å². The van der Waals surface area contributed by atoms with E-state index in [1.807, 2.05) is 79.7 Å². The molecule has 0 bridgehead atoms. The minimum absolute atomic E-state index is 0.0361. The van der Waals surface area contributed by atoms with Crippen molar-refractivity contribution in [2.75, 3.05) is 0 Å². The van der Waals surface area contributed by atoms with E-state index in [1.165, 1.54) is 12.8 Å². The maximum atomic E-state index is 12.7. The van der Waals surface area contributed by atoms with Crippen molar-refractivity contribution in [3.05, 3.63) is 83.9 Å². The Morgan fingerprint density at radius 3 is 1.36 bits per heavy atom. The van der Waals surface area contributed by atoms with Gasteiger partial charge in [0.1, 0.15) is 23.7 Å². The van der Waals surface area contributed by atoms with Crippen LogP contribution in [-0.4, -0.2) is 30.4 Å². The zero-order chi connectivity index (χ0) is 28.9. The topological polar surface area (TPSA) is 71.1 Å². The third-order valence-corrected chi connectivity index (χ3v) is 8.35. The van der Waals surface area contributed by atoms with Crippen LogP contribution in [0.1, 0.15) is 91.8 Å². The number of fused-ring (bicyclic) bond motifs is 2. The monoisotopic (exact) mass is 566 g/mol. The lowest BCUT2D eigenvalue weighted by molar-refractivity contribution is 0.0202. The lowest BCUT2D eigenvalue weighted by Crippen LogP contribution is -2.21. The zero-order valence-electron chi connectivity index (χ0n) is 24.2. The van der Waals surface area contributed by atoms with Crippen LogP contribution in [0.4, 0.5) is 0 Å². The summed E-state index contributed by atoms with van der Waals surface area (Å²) in [5.74, 6) is 0.846. The SMILES string of the molecule is CC(Oc1ccc2cc(C(=O)OC3CCCCC3)ccc2c1)Oc1ccc2cc(C(=O)OC3CCCCC3)ccc2c1. The molecule has 0 unspecified atom stereocenters. The molecule has 0 atom stereocenters. The zero-order valence-corrected chi connectivity index (χ0v) is 24.2. The molecule has 0 N–H and O–H groups in total. The standard InChI is InChI=1S/C36H38O6/c1-24(39-33-18-16-25-20-29(14-12-27(25)22-33)35(37)41-31-8-4-2-5-9-31)40-34-19-17-26-21-30(15-13-28(26)23-34)36(38)42-32-10-6-3-7-11-32/h12-24,31-32H,2-11H2,1H3. The Morgan fingerprint density at radius 1 is 0.548 bits per heavy atom. The molecule has 6 heteroatoms. The normalized spacial score (nSPS) is 16.4. The van der Waals surface area contributed by atoms with Gasteiger partial charge in [-0.05, 0) is 121 Å². The number of rotatable bonds is 8. The highest BCUT2D eigenvalue weighted by Gasteiger charge is 2.20. The van der Waals surface area contributed by atoms with E-state index in [2.05, 4.69) is 0 Å². The van der Waals surface area contributed by atoms with Crippen molar-refractivity contribution >= 4 is 33.5 Å². The maximum Gasteiger partial charge on any atom is 0.338 e. The van der Waals surface area contributed by atoms with Gasteiger partial charge >= 0.3 is 11.9 Å². The molecule has 2 aliphatic rings. The Hall–Kier alpha value is -4.06. The van der Waals surface area contributed by atoms with Crippen LogP contribution in [0.15, 0.2) is 72.8 Å². The van der Waals surface area contributed by atoms with Crippen LogP contribution >= 0.6 is 0 Å². The second-order valence-electron chi connectivity index (χ2n) is 11.6. The molecular formula is C36H38O6. The molecule has 0 heterocycles. The first-order valence-electron chi connectivity index (χ1n) is 15.3. The van der Waals surface area contributed by atoms with E-state index in [4.69, 9.17) is 18.9 Å². The highest BCUT2D eigenvalue weighted by atomic mass is 16.7. The molecule has 0 radical (unpaired) electrons. The maximum absolute atomic E-state index is 12.7. The number of benzene rings is 4. The fourth-order valence-corrected chi connectivity index (χ4v) is 6.06. The van der Waals surface area contributed by atoms with Crippen molar-refractivity contribution in [1.29, 1.82) is 0 Å². The first-order valence-corrected chi connectivity index (χ1v) is 15.3. The molecule has 6 nitrogen and oxygen atoms in total. The summed E-state index contributed by atoms with van der Waals surface area (Å²) >= 11 is 0. The summed E-state index contributed by atoms with van der Waals surface area (Å²) in [7, 11) is 0. The molecule has 0 saturated heterocycles. The van der Waals surface area contributed by atoms with Crippen LogP contribution in [0.25, 0.3) is 21.5 Å². The number of esters is 2. The highest BCUT2D eigenvalue weighted by molar-refractivity contribution is 5.96. The van der Waals surface area contributed by atoms with Crippen LogP contribution in [0.3, 0.4) is 0 Å². The van der Waals surface area contributed by atoms with Gasteiger partial charge < -0.3 is 18.9 Å². The minimum Gasteiger partial charge on any atom is -0.459 e. The van der Waals surface area contributed by atoms with Gasteiger partial charge in [-0.15, -0.1) is 0 Å². The minimum atomic E-state index is -0.533. The van der Waals surface area contributed by atoms with Crippen molar-refractivity contribution in [2.45, 2.75) is 89.6 Å². The third kappa shape index (κ3) is 6.87. The molecule has 6 rings (SSSR count). The van der Waals surface area contributed by atoms with Gasteiger partial charge in [0.25, 0.3) is 0 Å². The molecule has 2 aliphatic carbocycles. The number of carbonyl (C=O) groups is 2. The van der Waals surface area contributed by atoms with Gasteiger partial charge in [-0.3, -0.25) is 0 Å². The Bertz CT molecular complexity index is 1450. The summed E-state index contributed by atoms with van der Waals surface area (Å²) in [6, 6.07) is 22.8. The Labute approximate surface area is 246 Å². The molecule has 2 saturated carbocycles. The average Bonchev–Trinajstić information content (AvgIpc) is 3.01. The van der Waals surface area contributed by atoms with Gasteiger partial charge in [0.05, 0.1) is 11.1 Å². The fraction of sp³-hybridized carbons (Fsp3) is 0.389. The summed E-state index contributed by atoms with van der Waals surface area (Å²) in [6.45, 7) is 1.85. The Morgan fingerprint density at radius 2 is 0.929 bits per heavy atom. The first-order chi connectivity index (χ1) is 20.5. The number of hydrogen-bond donors (Lipinski definition) is 0. The lowest BCUT2D eigenvalue weighted by atomic mass is 9.98. The molecule has 0 aliphatic heterocycles. The van der Waals surface area contributed by atoms with Crippen molar-refractivity contribution in [3.63, 3.8) is 0 Å². The summed E-state index contributed by atoms with van der Waals surface area (Å²) in [5.41, 5.74) is 1.14. The summed E-state index contributed by atoms with van der Waals surface area (Å²) in [6.07, 6.45) is 10.3. The van der Waals surface area contributed by atoms with Crippen LogP contribution in [-0.2, 0) is 9.47 Å². The number of carbonyl (C=O) groups excluding carboxylic acids is 2. The van der Waals surface area contributed by atoms with Crippen molar-refractivity contribution < 1.29 is 28.5 Å². The summed E-state index contributed by atoms with van der Waals surface area (Å²) in [5, 5.41) is 3.84. The predicted octanol–water partition coefficient (Wildman–Crippen LogP) is 8.78. The van der Waals surface area contributed by atoms with Crippen molar-refractivity contribution in [1.82, 2.24) is 0 Å².